The van der Waals surface area contributed by atoms with E-state index in [1.807, 2.05) is 0 Å². The standard InChI is InChI=1S/C10H14IN3O/c11-9-7-12-8-13-10(9)15-6-5-14-3-1-2-4-14/h7-8H,1-6H2. The summed E-state index contributed by atoms with van der Waals surface area (Å²) >= 11 is 2.18. The summed E-state index contributed by atoms with van der Waals surface area (Å²) in [4.78, 5) is 10.4. The third-order valence-electron chi connectivity index (χ3n) is 2.48. The van der Waals surface area contributed by atoms with E-state index < -0.39 is 0 Å². The zero-order valence-electron chi connectivity index (χ0n) is 8.53. The fraction of sp³-hybridized carbons (Fsp3) is 0.600. The van der Waals surface area contributed by atoms with Gasteiger partial charge in [0.25, 0.3) is 0 Å². The highest BCUT2D eigenvalue weighted by Crippen LogP contribution is 2.15. The maximum atomic E-state index is 5.60. The molecule has 0 atom stereocenters. The summed E-state index contributed by atoms with van der Waals surface area (Å²) in [5.41, 5.74) is 0. The highest BCUT2D eigenvalue weighted by molar-refractivity contribution is 14.1. The van der Waals surface area contributed by atoms with E-state index in [0.717, 1.165) is 10.1 Å². The van der Waals surface area contributed by atoms with Gasteiger partial charge in [-0.2, -0.15) is 0 Å². The van der Waals surface area contributed by atoms with Crippen LogP contribution in [0.1, 0.15) is 12.8 Å². The van der Waals surface area contributed by atoms with Gasteiger partial charge in [-0.15, -0.1) is 0 Å². The van der Waals surface area contributed by atoms with Crippen LogP contribution in [0.15, 0.2) is 12.5 Å². The Bertz CT molecular complexity index is 315. The number of hydrogen-bond acceptors (Lipinski definition) is 4. The number of likely N-dealkylation sites (tertiary alicyclic amines) is 1. The van der Waals surface area contributed by atoms with E-state index in [9.17, 15) is 0 Å². The summed E-state index contributed by atoms with van der Waals surface area (Å²) in [5.74, 6) is 0.699. The average Bonchev–Trinajstić information content (AvgIpc) is 2.74. The molecule has 0 N–H and O–H groups in total. The van der Waals surface area contributed by atoms with Crippen molar-refractivity contribution in [1.82, 2.24) is 14.9 Å². The third-order valence-corrected chi connectivity index (χ3v) is 3.22. The first-order chi connectivity index (χ1) is 7.36. The zero-order valence-corrected chi connectivity index (χ0v) is 10.7. The highest BCUT2D eigenvalue weighted by atomic mass is 127. The summed E-state index contributed by atoms with van der Waals surface area (Å²) in [6.45, 7) is 4.14. The van der Waals surface area contributed by atoms with Gasteiger partial charge in [0, 0.05) is 12.7 Å². The van der Waals surface area contributed by atoms with Crippen LogP contribution in [0.2, 0.25) is 0 Å². The molecule has 1 aliphatic heterocycles. The van der Waals surface area contributed by atoms with Crippen molar-refractivity contribution in [1.29, 1.82) is 0 Å². The molecular formula is C10H14IN3O. The summed E-state index contributed by atoms with van der Waals surface area (Å²) < 4.78 is 6.57. The second-order valence-corrected chi connectivity index (χ2v) is 4.74. The topological polar surface area (TPSA) is 38.3 Å². The minimum Gasteiger partial charge on any atom is -0.475 e. The molecule has 5 heteroatoms. The van der Waals surface area contributed by atoms with Gasteiger partial charge in [0.1, 0.15) is 12.9 Å². The molecule has 0 aromatic carbocycles. The average molecular weight is 319 g/mol. The molecule has 1 aliphatic rings. The Morgan fingerprint density at radius 3 is 2.93 bits per heavy atom. The van der Waals surface area contributed by atoms with Crippen molar-refractivity contribution >= 4 is 22.6 Å². The molecule has 1 aromatic heterocycles. The van der Waals surface area contributed by atoms with Crippen LogP contribution in [0.5, 0.6) is 5.88 Å². The van der Waals surface area contributed by atoms with Gasteiger partial charge in [-0.05, 0) is 48.5 Å². The van der Waals surface area contributed by atoms with Crippen LogP contribution in [-0.2, 0) is 0 Å². The van der Waals surface area contributed by atoms with Gasteiger partial charge in [-0.25, -0.2) is 9.97 Å². The van der Waals surface area contributed by atoms with E-state index in [1.54, 1.807) is 6.20 Å². The van der Waals surface area contributed by atoms with Crippen LogP contribution in [0.3, 0.4) is 0 Å². The maximum Gasteiger partial charge on any atom is 0.230 e. The first kappa shape index (κ1) is 11.1. The van der Waals surface area contributed by atoms with E-state index in [4.69, 9.17) is 4.74 Å². The smallest absolute Gasteiger partial charge is 0.230 e. The lowest BCUT2D eigenvalue weighted by molar-refractivity contribution is 0.230. The molecule has 82 valence electrons. The van der Waals surface area contributed by atoms with Crippen LogP contribution >= 0.6 is 22.6 Å². The van der Waals surface area contributed by atoms with Crippen LogP contribution in [0, 0.1) is 3.57 Å². The maximum absolute atomic E-state index is 5.60. The largest absolute Gasteiger partial charge is 0.475 e. The molecule has 0 amide bonds. The Hall–Kier alpha value is -0.430. The fourth-order valence-electron chi connectivity index (χ4n) is 1.69. The van der Waals surface area contributed by atoms with Crippen LogP contribution in [0.4, 0.5) is 0 Å². The molecule has 0 unspecified atom stereocenters. The van der Waals surface area contributed by atoms with E-state index in [1.165, 1.54) is 32.3 Å². The molecule has 1 fully saturated rings. The number of rotatable bonds is 4. The lowest BCUT2D eigenvalue weighted by Crippen LogP contribution is -2.25. The Labute approximate surface area is 103 Å². The summed E-state index contributed by atoms with van der Waals surface area (Å²) in [6.07, 6.45) is 5.93. The zero-order chi connectivity index (χ0) is 10.5. The molecule has 0 saturated carbocycles. The molecule has 15 heavy (non-hydrogen) atoms. The molecule has 4 nitrogen and oxygen atoms in total. The number of hydrogen-bond donors (Lipinski definition) is 0. The fourth-order valence-corrected chi connectivity index (χ4v) is 2.14. The van der Waals surface area contributed by atoms with Gasteiger partial charge >= 0.3 is 0 Å². The van der Waals surface area contributed by atoms with Crippen LogP contribution in [0.25, 0.3) is 0 Å². The Morgan fingerprint density at radius 1 is 1.40 bits per heavy atom. The lowest BCUT2D eigenvalue weighted by atomic mass is 10.4. The lowest BCUT2D eigenvalue weighted by Gasteiger charge is -2.14. The van der Waals surface area contributed by atoms with Gasteiger partial charge < -0.3 is 4.74 Å². The monoisotopic (exact) mass is 319 g/mol. The first-order valence-corrected chi connectivity index (χ1v) is 6.25. The van der Waals surface area contributed by atoms with Crippen molar-refractivity contribution in [3.63, 3.8) is 0 Å². The number of nitrogens with zero attached hydrogens (tertiary/aromatic N) is 3. The van der Waals surface area contributed by atoms with Gasteiger partial charge in [-0.1, -0.05) is 0 Å². The number of halogens is 1. The van der Waals surface area contributed by atoms with Crippen molar-refractivity contribution < 1.29 is 4.74 Å². The second-order valence-electron chi connectivity index (χ2n) is 3.57. The van der Waals surface area contributed by atoms with Crippen molar-refractivity contribution in [2.24, 2.45) is 0 Å². The van der Waals surface area contributed by atoms with Gasteiger partial charge in [-0.3, -0.25) is 4.90 Å². The molecule has 1 saturated heterocycles. The predicted molar refractivity (Wildman–Crippen MR) is 65.9 cm³/mol. The van der Waals surface area contributed by atoms with E-state index in [0.29, 0.717) is 12.5 Å². The molecular weight excluding hydrogens is 305 g/mol. The van der Waals surface area contributed by atoms with E-state index >= 15 is 0 Å². The normalized spacial score (nSPS) is 16.9. The molecule has 0 bridgehead atoms. The predicted octanol–water partition coefficient (Wildman–Crippen LogP) is 1.56. The van der Waals surface area contributed by atoms with Gasteiger partial charge in [0.15, 0.2) is 0 Å². The molecule has 0 radical (unpaired) electrons. The molecule has 0 spiro atoms. The number of ether oxygens (including phenoxy) is 1. The van der Waals surface area contributed by atoms with Gasteiger partial charge in [0.2, 0.25) is 5.88 Å². The second kappa shape index (κ2) is 5.60. The van der Waals surface area contributed by atoms with Crippen molar-refractivity contribution in [2.75, 3.05) is 26.2 Å². The van der Waals surface area contributed by atoms with Crippen LogP contribution < -0.4 is 4.74 Å². The quantitative estimate of drug-likeness (QED) is 0.790. The molecule has 2 rings (SSSR count). The van der Waals surface area contributed by atoms with E-state index in [2.05, 4.69) is 37.5 Å². The van der Waals surface area contributed by atoms with E-state index in [-0.39, 0.29) is 0 Å². The minimum absolute atomic E-state index is 0.699. The first-order valence-electron chi connectivity index (χ1n) is 5.17. The Kier molecular flexibility index (Phi) is 4.13. The molecule has 1 aromatic rings. The van der Waals surface area contributed by atoms with Gasteiger partial charge in [0.05, 0.1) is 3.57 Å². The Balaban J connectivity index is 1.75. The summed E-state index contributed by atoms with van der Waals surface area (Å²) in [6, 6.07) is 0. The summed E-state index contributed by atoms with van der Waals surface area (Å²) in [7, 11) is 0. The number of aromatic nitrogens is 2. The van der Waals surface area contributed by atoms with Crippen molar-refractivity contribution in [3.05, 3.63) is 16.1 Å². The summed E-state index contributed by atoms with van der Waals surface area (Å²) in [5, 5.41) is 0. The Morgan fingerprint density at radius 2 is 2.20 bits per heavy atom. The highest BCUT2D eigenvalue weighted by Gasteiger charge is 2.11. The SMILES string of the molecule is Ic1cncnc1OCCN1CCCC1. The molecule has 2 heterocycles. The third kappa shape index (κ3) is 3.27. The van der Waals surface area contributed by atoms with Crippen molar-refractivity contribution in [3.8, 4) is 5.88 Å². The van der Waals surface area contributed by atoms with Crippen molar-refractivity contribution in [2.45, 2.75) is 12.8 Å². The minimum atomic E-state index is 0.699. The molecule has 0 aliphatic carbocycles. The van der Waals surface area contributed by atoms with Crippen LogP contribution in [-0.4, -0.2) is 41.1 Å².